The van der Waals surface area contributed by atoms with Crippen molar-refractivity contribution in [3.8, 4) is 0 Å². The molecule has 0 unspecified atom stereocenters. The zero-order chi connectivity index (χ0) is 10.6. The standard InChI is InChI=1S/C11H24N2O2/c1-2-4-6-8-10-12-13-15-14-11-9-7-5-3-1/h12-13H,1-11H2. The number of hydrazine groups is 1. The van der Waals surface area contributed by atoms with E-state index in [4.69, 9.17) is 9.88 Å². The van der Waals surface area contributed by atoms with E-state index in [1.807, 2.05) is 0 Å². The Morgan fingerprint density at radius 2 is 1.27 bits per heavy atom. The lowest BCUT2D eigenvalue weighted by atomic mass is 10.1. The van der Waals surface area contributed by atoms with E-state index in [9.17, 15) is 0 Å². The third-order valence-corrected chi connectivity index (χ3v) is 2.70. The van der Waals surface area contributed by atoms with Gasteiger partial charge >= 0.3 is 0 Å². The van der Waals surface area contributed by atoms with Crippen LogP contribution < -0.4 is 11.0 Å². The summed E-state index contributed by atoms with van der Waals surface area (Å²) in [6.45, 7) is 1.61. The van der Waals surface area contributed by atoms with Gasteiger partial charge in [0, 0.05) is 6.54 Å². The average Bonchev–Trinajstić information content (AvgIpc) is 2.27. The molecule has 0 bridgehead atoms. The van der Waals surface area contributed by atoms with Crippen LogP contribution in [0.1, 0.15) is 57.8 Å². The summed E-state index contributed by atoms with van der Waals surface area (Å²) in [5.74, 6) is 0. The van der Waals surface area contributed by atoms with Crippen molar-refractivity contribution in [1.82, 2.24) is 11.0 Å². The van der Waals surface area contributed by atoms with Gasteiger partial charge in [0.25, 0.3) is 0 Å². The minimum atomic E-state index is 0.675. The van der Waals surface area contributed by atoms with Crippen LogP contribution in [0.15, 0.2) is 0 Å². The lowest BCUT2D eigenvalue weighted by molar-refractivity contribution is -0.345. The van der Waals surface area contributed by atoms with E-state index < -0.39 is 0 Å². The predicted molar refractivity (Wildman–Crippen MR) is 59.7 cm³/mol. The fraction of sp³-hybridized carbons (Fsp3) is 1.00. The van der Waals surface area contributed by atoms with Gasteiger partial charge in [0.05, 0.1) is 6.61 Å². The Morgan fingerprint density at radius 1 is 0.667 bits per heavy atom. The van der Waals surface area contributed by atoms with Gasteiger partial charge in [-0.3, -0.25) is 0 Å². The van der Waals surface area contributed by atoms with Crippen molar-refractivity contribution in [3.05, 3.63) is 0 Å². The number of nitrogens with one attached hydrogen (secondary N) is 2. The lowest BCUT2D eigenvalue weighted by Crippen LogP contribution is -2.32. The largest absolute Gasteiger partial charge is 0.232 e. The minimum Gasteiger partial charge on any atom is -0.232 e. The first-order chi connectivity index (χ1) is 7.50. The monoisotopic (exact) mass is 216 g/mol. The molecule has 0 atom stereocenters. The molecular formula is C11H24N2O2. The van der Waals surface area contributed by atoms with Crippen LogP contribution in [0.4, 0.5) is 0 Å². The van der Waals surface area contributed by atoms with Crippen molar-refractivity contribution in [1.29, 1.82) is 0 Å². The highest BCUT2D eigenvalue weighted by Gasteiger charge is 1.95. The highest BCUT2D eigenvalue weighted by atomic mass is 17.3. The van der Waals surface area contributed by atoms with Crippen LogP contribution in [0.2, 0.25) is 0 Å². The third-order valence-electron chi connectivity index (χ3n) is 2.70. The molecule has 15 heavy (non-hydrogen) atoms. The smallest absolute Gasteiger partial charge is 0.0842 e. The first-order valence-corrected chi connectivity index (χ1v) is 6.26. The van der Waals surface area contributed by atoms with Crippen molar-refractivity contribution >= 4 is 0 Å². The van der Waals surface area contributed by atoms with Crippen LogP contribution in [0, 0.1) is 0 Å². The lowest BCUT2D eigenvalue weighted by Gasteiger charge is -2.05. The van der Waals surface area contributed by atoms with Crippen LogP contribution in [0.25, 0.3) is 0 Å². The van der Waals surface area contributed by atoms with Crippen LogP contribution >= 0.6 is 0 Å². The van der Waals surface area contributed by atoms with E-state index in [-0.39, 0.29) is 0 Å². The second kappa shape index (κ2) is 10.4. The number of hydrogen-bond donors (Lipinski definition) is 2. The van der Waals surface area contributed by atoms with E-state index in [0.29, 0.717) is 6.61 Å². The van der Waals surface area contributed by atoms with Crippen LogP contribution in [0.5, 0.6) is 0 Å². The van der Waals surface area contributed by atoms with Crippen molar-refractivity contribution in [3.63, 3.8) is 0 Å². The third kappa shape index (κ3) is 8.81. The molecule has 0 aromatic rings. The second-order valence-electron chi connectivity index (χ2n) is 4.12. The molecule has 1 aliphatic heterocycles. The highest BCUT2D eigenvalue weighted by Crippen LogP contribution is 2.09. The number of hydrogen-bond acceptors (Lipinski definition) is 4. The Hall–Kier alpha value is -0.160. The van der Waals surface area contributed by atoms with E-state index >= 15 is 0 Å². The van der Waals surface area contributed by atoms with Crippen LogP contribution in [-0.2, 0) is 9.88 Å². The minimum absolute atomic E-state index is 0.675. The fourth-order valence-electron chi connectivity index (χ4n) is 1.76. The van der Waals surface area contributed by atoms with Crippen LogP contribution in [-0.4, -0.2) is 13.2 Å². The fourth-order valence-corrected chi connectivity index (χ4v) is 1.76. The highest BCUT2D eigenvalue weighted by molar-refractivity contribution is 4.48. The maximum absolute atomic E-state index is 4.94. The van der Waals surface area contributed by atoms with Gasteiger partial charge in [-0.25, -0.2) is 10.3 Å². The van der Waals surface area contributed by atoms with E-state index in [2.05, 4.69) is 11.0 Å². The first-order valence-electron chi connectivity index (χ1n) is 6.26. The molecule has 1 heterocycles. The van der Waals surface area contributed by atoms with Gasteiger partial charge in [0.1, 0.15) is 0 Å². The van der Waals surface area contributed by atoms with E-state index in [1.54, 1.807) is 0 Å². The Morgan fingerprint density at radius 3 is 2.00 bits per heavy atom. The molecule has 90 valence electrons. The first kappa shape index (κ1) is 12.9. The molecule has 0 radical (unpaired) electrons. The molecule has 1 saturated heterocycles. The summed E-state index contributed by atoms with van der Waals surface area (Å²) in [5, 5.41) is 0. The molecule has 4 heteroatoms. The molecule has 0 aromatic heterocycles. The van der Waals surface area contributed by atoms with Gasteiger partial charge < -0.3 is 0 Å². The summed E-state index contributed by atoms with van der Waals surface area (Å²) in [7, 11) is 0. The summed E-state index contributed by atoms with van der Waals surface area (Å²) >= 11 is 0. The van der Waals surface area contributed by atoms with Gasteiger partial charge in [-0.15, -0.1) is 10.6 Å². The van der Waals surface area contributed by atoms with Gasteiger partial charge in [-0.05, 0) is 12.8 Å². The van der Waals surface area contributed by atoms with Gasteiger partial charge in [0.2, 0.25) is 0 Å². The zero-order valence-electron chi connectivity index (χ0n) is 9.59. The molecule has 0 saturated carbocycles. The normalized spacial score (nSPS) is 24.0. The SMILES string of the molecule is C1CCCCCNNOOCCCCC1. The Labute approximate surface area is 92.6 Å². The van der Waals surface area contributed by atoms with Crippen LogP contribution in [0.3, 0.4) is 0 Å². The van der Waals surface area contributed by atoms with Crippen molar-refractivity contribution in [2.24, 2.45) is 0 Å². The van der Waals surface area contributed by atoms with Gasteiger partial charge in [-0.2, -0.15) is 0 Å². The molecule has 0 amide bonds. The molecule has 0 aromatic carbocycles. The molecule has 0 spiro atoms. The van der Waals surface area contributed by atoms with E-state index in [0.717, 1.165) is 13.0 Å². The Kier molecular flexibility index (Phi) is 8.92. The predicted octanol–water partition coefficient (Wildman–Crippen LogP) is 2.47. The van der Waals surface area contributed by atoms with Gasteiger partial charge in [-0.1, -0.05) is 44.9 Å². The molecule has 2 N–H and O–H groups in total. The topological polar surface area (TPSA) is 42.5 Å². The van der Waals surface area contributed by atoms with Gasteiger partial charge in [0.15, 0.2) is 0 Å². The second-order valence-corrected chi connectivity index (χ2v) is 4.12. The van der Waals surface area contributed by atoms with Crippen molar-refractivity contribution < 1.29 is 9.88 Å². The Bertz CT molecular complexity index is 75.2. The maximum atomic E-state index is 4.94. The zero-order valence-corrected chi connectivity index (χ0v) is 9.59. The van der Waals surface area contributed by atoms with Crippen molar-refractivity contribution in [2.45, 2.75) is 57.8 Å². The molecule has 4 nitrogen and oxygen atoms in total. The van der Waals surface area contributed by atoms with E-state index in [1.165, 1.54) is 51.4 Å². The molecular weight excluding hydrogens is 192 g/mol. The number of rotatable bonds is 0. The molecule has 1 aliphatic rings. The summed E-state index contributed by atoms with van der Waals surface area (Å²) in [6, 6.07) is 0. The molecule has 1 fully saturated rings. The quantitative estimate of drug-likeness (QED) is 0.610. The molecule has 1 rings (SSSR count). The average molecular weight is 216 g/mol. The summed E-state index contributed by atoms with van der Waals surface area (Å²) < 4.78 is 0. The summed E-state index contributed by atoms with van der Waals surface area (Å²) in [6.07, 6.45) is 11.7. The maximum Gasteiger partial charge on any atom is 0.0842 e. The molecule has 0 aliphatic carbocycles. The Balaban J connectivity index is 2.01. The summed E-state index contributed by atoms with van der Waals surface area (Å²) in [5.41, 5.74) is 5.54. The summed E-state index contributed by atoms with van der Waals surface area (Å²) in [4.78, 5) is 9.68. The van der Waals surface area contributed by atoms with Crippen molar-refractivity contribution in [2.75, 3.05) is 13.2 Å².